The SMILES string of the molecule is CCc1nc2ccccc2c2nnc(CN3CCC(C)CC3)n12. The molecule has 0 aliphatic carbocycles. The molecule has 0 bridgehead atoms. The number of para-hydroxylation sites is 1. The lowest BCUT2D eigenvalue weighted by Crippen LogP contribution is -2.33. The van der Waals surface area contributed by atoms with Gasteiger partial charge in [-0.05, 0) is 44.0 Å². The first kappa shape index (κ1) is 14.6. The van der Waals surface area contributed by atoms with Crippen molar-refractivity contribution in [3.05, 3.63) is 35.9 Å². The molecule has 0 saturated carbocycles. The maximum atomic E-state index is 4.82. The molecule has 23 heavy (non-hydrogen) atoms. The minimum Gasteiger partial charge on any atom is -0.296 e. The van der Waals surface area contributed by atoms with Crippen LogP contribution in [0.5, 0.6) is 0 Å². The van der Waals surface area contributed by atoms with Crippen molar-refractivity contribution >= 4 is 16.6 Å². The van der Waals surface area contributed by atoms with E-state index in [0.29, 0.717) is 0 Å². The number of aryl methyl sites for hydroxylation is 1. The lowest BCUT2D eigenvalue weighted by molar-refractivity contribution is 0.181. The number of rotatable bonds is 3. The van der Waals surface area contributed by atoms with E-state index >= 15 is 0 Å². The monoisotopic (exact) mass is 309 g/mol. The smallest absolute Gasteiger partial charge is 0.171 e. The van der Waals surface area contributed by atoms with Crippen molar-refractivity contribution in [3.8, 4) is 0 Å². The normalized spacial score (nSPS) is 17.3. The fourth-order valence-corrected chi connectivity index (χ4v) is 3.47. The number of fused-ring (bicyclic) bond motifs is 3. The Morgan fingerprint density at radius 3 is 2.65 bits per heavy atom. The molecule has 0 amide bonds. The van der Waals surface area contributed by atoms with Crippen molar-refractivity contribution < 1.29 is 0 Å². The Labute approximate surface area is 136 Å². The highest BCUT2D eigenvalue weighted by Crippen LogP contribution is 2.22. The summed E-state index contributed by atoms with van der Waals surface area (Å²) in [6.07, 6.45) is 3.43. The van der Waals surface area contributed by atoms with E-state index in [2.05, 4.69) is 45.5 Å². The molecule has 0 atom stereocenters. The molecule has 1 aliphatic rings. The summed E-state index contributed by atoms with van der Waals surface area (Å²) >= 11 is 0. The molecule has 3 heterocycles. The minimum absolute atomic E-state index is 0.846. The number of aromatic nitrogens is 4. The van der Waals surface area contributed by atoms with Gasteiger partial charge in [-0.15, -0.1) is 10.2 Å². The van der Waals surface area contributed by atoms with Gasteiger partial charge in [-0.25, -0.2) is 4.98 Å². The van der Waals surface area contributed by atoms with Crippen LogP contribution in [0.25, 0.3) is 16.6 Å². The molecule has 1 fully saturated rings. The highest BCUT2D eigenvalue weighted by Gasteiger charge is 2.20. The Morgan fingerprint density at radius 1 is 1.09 bits per heavy atom. The lowest BCUT2D eigenvalue weighted by atomic mass is 9.99. The molecule has 0 N–H and O–H groups in total. The summed E-state index contributed by atoms with van der Waals surface area (Å²) in [6, 6.07) is 8.19. The second-order valence-electron chi connectivity index (χ2n) is 6.63. The third-order valence-corrected chi connectivity index (χ3v) is 4.94. The zero-order valence-electron chi connectivity index (χ0n) is 13.9. The van der Waals surface area contributed by atoms with Gasteiger partial charge >= 0.3 is 0 Å². The summed E-state index contributed by atoms with van der Waals surface area (Å²) in [6.45, 7) is 7.65. The molecule has 4 rings (SSSR count). The fraction of sp³-hybridized carbons (Fsp3) is 0.500. The van der Waals surface area contributed by atoms with Crippen LogP contribution in [0.1, 0.15) is 38.3 Å². The van der Waals surface area contributed by atoms with Crippen LogP contribution >= 0.6 is 0 Å². The van der Waals surface area contributed by atoms with Gasteiger partial charge < -0.3 is 0 Å². The number of piperidine rings is 1. The predicted octanol–water partition coefficient (Wildman–Crippen LogP) is 3.07. The topological polar surface area (TPSA) is 46.3 Å². The van der Waals surface area contributed by atoms with Gasteiger partial charge in [0.05, 0.1) is 12.1 Å². The average Bonchev–Trinajstić information content (AvgIpc) is 3.00. The average molecular weight is 309 g/mol. The van der Waals surface area contributed by atoms with E-state index in [1.807, 2.05) is 12.1 Å². The van der Waals surface area contributed by atoms with E-state index < -0.39 is 0 Å². The highest BCUT2D eigenvalue weighted by molar-refractivity contribution is 5.91. The molecular weight excluding hydrogens is 286 g/mol. The van der Waals surface area contributed by atoms with E-state index in [0.717, 1.165) is 60.2 Å². The van der Waals surface area contributed by atoms with Crippen LogP contribution in [0.2, 0.25) is 0 Å². The van der Waals surface area contributed by atoms with Gasteiger partial charge in [-0.2, -0.15) is 0 Å². The first-order valence-electron chi connectivity index (χ1n) is 8.60. The minimum atomic E-state index is 0.846. The standard InChI is InChI=1S/C18H23N5/c1-3-16-19-15-7-5-4-6-14(15)18-21-20-17(23(16)18)12-22-10-8-13(2)9-11-22/h4-7,13H,3,8-12H2,1-2H3. The first-order valence-corrected chi connectivity index (χ1v) is 8.60. The van der Waals surface area contributed by atoms with Gasteiger partial charge in [0.2, 0.25) is 0 Å². The Kier molecular flexibility index (Phi) is 3.73. The zero-order valence-corrected chi connectivity index (χ0v) is 13.9. The molecule has 0 radical (unpaired) electrons. The molecule has 0 unspecified atom stereocenters. The highest BCUT2D eigenvalue weighted by atomic mass is 15.3. The number of nitrogens with zero attached hydrogens (tertiary/aromatic N) is 5. The molecule has 120 valence electrons. The molecule has 1 saturated heterocycles. The summed E-state index contributed by atoms with van der Waals surface area (Å²) in [4.78, 5) is 7.32. The van der Waals surface area contributed by atoms with E-state index in [4.69, 9.17) is 4.98 Å². The van der Waals surface area contributed by atoms with Gasteiger partial charge in [0.15, 0.2) is 11.5 Å². The summed E-state index contributed by atoms with van der Waals surface area (Å²) in [5.41, 5.74) is 1.94. The third kappa shape index (κ3) is 2.59. The summed E-state index contributed by atoms with van der Waals surface area (Å²) in [5.74, 6) is 2.91. The van der Waals surface area contributed by atoms with Crippen LogP contribution in [-0.4, -0.2) is 37.6 Å². The van der Waals surface area contributed by atoms with Crippen LogP contribution in [-0.2, 0) is 13.0 Å². The van der Waals surface area contributed by atoms with Crippen LogP contribution < -0.4 is 0 Å². The van der Waals surface area contributed by atoms with Gasteiger partial charge in [-0.1, -0.05) is 26.0 Å². The maximum Gasteiger partial charge on any atom is 0.171 e. The van der Waals surface area contributed by atoms with E-state index in [9.17, 15) is 0 Å². The Bertz CT molecular complexity index is 830. The Balaban J connectivity index is 1.77. The molecule has 5 heteroatoms. The van der Waals surface area contributed by atoms with Gasteiger partial charge in [-0.3, -0.25) is 9.30 Å². The number of hydrogen-bond donors (Lipinski definition) is 0. The fourth-order valence-electron chi connectivity index (χ4n) is 3.47. The Hall–Kier alpha value is -2.01. The summed E-state index contributed by atoms with van der Waals surface area (Å²) in [7, 11) is 0. The molecule has 1 aromatic carbocycles. The molecular formula is C18H23N5. The van der Waals surface area contributed by atoms with Gasteiger partial charge in [0.1, 0.15) is 5.82 Å². The van der Waals surface area contributed by atoms with E-state index in [1.165, 1.54) is 12.8 Å². The summed E-state index contributed by atoms with van der Waals surface area (Å²) in [5, 5.41) is 10.1. The predicted molar refractivity (Wildman–Crippen MR) is 91.3 cm³/mol. The number of hydrogen-bond acceptors (Lipinski definition) is 4. The lowest BCUT2D eigenvalue weighted by Gasteiger charge is -2.29. The van der Waals surface area contributed by atoms with Crippen LogP contribution in [0.15, 0.2) is 24.3 Å². The van der Waals surface area contributed by atoms with Crippen molar-refractivity contribution in [2.75, 3.05) is 13.1 Å². The van der Waals surface area contributed by atoms with Crippen molar-refractivity contribution in [2.45, 2.75) is 39.7 Å². The second kappa shape index (κ2) is 5.89. The van der Waals surface area contributed by atoms with Crippen molar-refractivity contribution in [1.82, 2.24) is 24.5 Å². The molecule has 5 nitrogen and oxygen atoms in total. The largest absolute Gasteiger partial charge is 0.296 e. The first-order chi connectivity index (χ1) is 11.3. The summed E-state index contributed by atoms with van der Waals surface area (Å²) < 4.78 is 2.17. The molecule has 1 aliphatic heterocycles. The number of likely N-dealkylation sites (tertiary alicyclic amines) is 1. The van der Waals surface area contributed by atoms with Gasteiger partial charge in [0, 0.05) is 11.8 Å². The van der Waals surface area contributed by atoms with Crippen molar-refractivity contribution in [1.29, 1.82) is 0 Å². The van der Waals surface area contributed by atoms with Crippen LogP contribution in [0.4, 0.5) is 0 Å². The molecule has 0 spiro atoms. The Morgan fingerprint density at radius 2 is 1.87 bits per heavy atom. The van der Waals surface area contributed by atoms with E-state index in [-0.39, 0.29) is 0 Å². The van der Waals surface area contributed by atoms with E-state index in [1.54, 1.807) is 0 Å². The number of benzene rings is 1. The molecule has 3 aromatic rings. The second-order valence-corrected chi connectivity index (χ2v) is 6.63. The molecule has 2 aromatic heterocycles. The zero-order chi connectivity index (χ0) is 15.8. The van der Waals surface area contributed by atoms with Gasteiger partial charge in [0.25, 0.3) is 0 Å². The van der Waals surface area contributed by atoms with Crippen LogP contribution in [0.3, 0.4) is 0 Å². The third-order valence-electron chi connectivity index (χ3n) is 4.94. The quantitative estimate of drug-likeness (QED) is 0.746. The van der Waals surface area contributed by atoms with Crippen molar-refractivity contribution in [3.63, 3.8) is 0 Å². The van der Waals surface area contributed by atoms with Crippen molar-refractivity contribution in [2.24, 2.45) is 5.92 Å². The van der Waals surface area contributed by atoms with Crippen LogP contribution in [0, 0.1) is 5.92 Å². The maximum absolute atomic E-state index is 4.82.